The maximum atomic E-state index is 12.8. The van der Waals surface area contributed by atoms with Crippen LogP contribution in [0.3, 0.4) is 0 Å². The highest BCUT2D eigenvalue weighted by Crippen LogP contribution is 2.58. The van der Waals surface area contributed by atoms with Crippen LogP contribution in [0, 0.1) is 5.92 Å². The van der Waals surface area contributed by atoms with Crippen LogP contribution in [0.5, 0.6) is 0 Å². The van der Waals surface area contributed by atoms with Gasteiger partial charge in [0.05, 0.1) is 38.1 Å². The Hall–Kier alpha value is -0.0100. The predicted octanol–water partition coefficient (Wildman–Crippen LogP) is 2.92. The molecule has 24 heavy (non-hydrogen) atoms. The monoisotopic (exact) mass is 364 g/mol. The molecule has 3 rings (SSSR count). The van der Waals surface area contributed by atoms with E-state index in [9.17, 15) is 4.57 Å². The largest absolute Gasteiger partial charge is 0.475 e. The second kappa shape index (κ2) is 7.31. The number of hydrogen-bond acceptors (Lipinski definition) is 7. The van der Waals surface area contributed by atoms with E-state index in [4.69, 9.17) is 27.8 Å². The van der Waals surface area contributed by atoms with Crippen LogP contribution in [0.15, 0.2) is 0 Å². The van der Waals surface area contributed by atoms with E-state index in [1.807, 2.05) is 6.92 Å². The third-order valence-electron chi connectivity index (χ3n) is 5.17. The molecule has 7 atom stereocenters. The van der Waals surface area contributed by atoms with Crippen molar-refractivity contribution in [1.29, 1.82) is 0 Å². The first-order valence-corrected chi connectivity index (χ1v) is 10.3. The van der Waals surface area contributed by atoms with E-state index in [1.165, 1.54) is 0 Å². The highest BCUT2D eigenvalue weighted by Gasteiger charge is 2.57. The molecule has 3 aliphatic rings. The minimum absolute atomic E-state index is 0.00351. The third kappa shape index (κ3) is 3.73. The third-order valence-corrected chi connectivity index (χ3v) is 6.59. The van der Waals surface area contributed by atoms with Crippen LogP contribution in [0.2, 0.25) is 0 Å². The first-order valence-electron chi connectivity index (χ1n) is 8.79. The molecule has 3 heterocycles. The summed E-state index contributed by atoms with van der Waals surface area (Å²) in [5, 5.41) is 0. The van der Waals surface area contributed by atoms with Crippen molar-refractivity contribution in [2.45, 2.75) is 70.1 Å². The maximum absolute atomic E-state index is 12.8. The number of hydrogen-bond donors (Lipinski definition) is 0. The van der Waals surface area contributed by atoms with Crippen LogP contribution in [0.1, 0.15) is 40.0 Å². The van der Waals surface area contributed by atoms with Gasteiger partial charge in [-0.1, -0.05) is 13.3 Å². The van der Waals surface area contributed by atoms with Gasteiger partial charge in [-0.25, -0.2) is 4.57 Å². The maximum Gasteiger partial charge on any atom is 0.475 e. The Balaban J connectivity index is 1.60. The summed E-state index contributed by atoms with van der Waals surface area (Å²) >= 11 is 0. The second-order valence-electron chi connectivity index (χ2n) is 7.16. The van der Waals surface area contributed by atoms with E-state index in [-0.39, 0.29) is 37.6 Å². The summed E-state index contributed by atoms with van der Waals surface area (Å²) in [4.78, 5) is 0. The number of methoxy groups -OCH3 is 1. The van der Waals surface area contributed by atoms with E-state index in [0.29, 0.717) is 18.9 Å². The summed E-state index contributed by atoms with van der Waals surface area (Å²) in [6.45, 7) is 6.85. The SMILES string of the molecule is CC[C@H]1C[C@H](C)O[C@@H]1COP1(=O)OC[C@]2(COC)O[C@@H](C)C[C@@H]2O1. The summed E-state index contributed by atoms with van der Waals surface area (Å²) < 4.78 is 46.7. The minimum atomic E-state index is -3.60. The van der Waals surface area contributed by atoms with Crippen LogP contribution in [0.25, 0.3) is 0 Å². The lowest BCUT2D eigenvalue weighted by atomic mass is 9.97. The number of phosphoric ester groups is 1. The van der Waals surface area contributed by atoms with Crippen molar-refractivity contribution in [3.8, 4) is 0 Å². The Bertz CT molecular complexity index is 487. The molecule has 3 saturated heterocycles. The molecular formula is C16H29O7P. The summed E-state index contributed by atoms with van der Waals surface area (Å²) in [6.07, 6.45) is 2.45. The molecule has 7 nitrogen and oxygen atoms in total. The number of fused-ring (bicyclic) bond motifs is 1. The van der Waals surface area contributed by atoms with Gasteiger partial charge in [0, 0.05) is 13.5 Å². The molecule has 140 valence electrons. The van der Waals surface area contributed by atoms with E-state index >= 15 is 0 Å². The van der Waals surface area contributed by atoms with Gasteiger partial charge >= 0.3 is 7.82 Å². The van der Waals surface area contributed by atoms with E-state index < -0.39 is 13.4 Å². The van der Waals surface area contributed by atoms with Crippen molar-refractivity contribution < 1.29 is 32.3 Å². The summed E-state index contributed by atoms with van der Waals surface area (Å²) in [7, 11) is -2.00. The van der Waals surface area contributed by atoms with Gasteiger partial charge in [0.15, 0.2) is 0 Å². The Morgan fingerprint density at radius 3 is 2.75 bits per heavy atom. The Kier molecular flexibility index (Phi) is 5.72. The van der Waals surface area contributed by atoms with Crippen molar-refractivity contribution >= 4 is 7.82 Å². The molecule has 0 bridgehead atoms. The second-order valence-corrected chi connectivity index (χ2v) is 8.78. The van der Waals surface area contributed by atoms with Crippen molar-refractivity contribution in [3.05, 3.63) is 0 Å². The molecule has 3 aliphatic heterocycles. The first-order chi connectivity index (χ1) is 11.4. The first kappa shape index (κ1) is 18.8. The van der Waals surface area contributed by atoms with Crippen LogP contribution >= 0.6 is 7.82 Å². The smallest absolute Gasteiger partial charge is 0.381 e. The van der Waals surface area contributed by atoms with Crippen LogP contribution in [-0.4, -0.2) is 56.9 Å². The molecule has 0 aromatic carbocycles. The van der Waals surface area contributed by atoms with Gasteiger partial charge in [0.25, 0.3) is 0 Å². The molecule has 1 unspecified atom stereocenters. The molecule has 0 aromatic heterocycles. The fraction of sp³-hybridized carbons (Fsp3) is 1.00. The number of phosphoric acid groups is 1. The lowest BCUT2D eigenvalue weighted by molar-refractivity contribution is -0.159. The average Bonchev–Trinajstić information content (AvgIpc) is 3.04. The zero-order valence-electron chi connectivity index (χ0n) is 14.9. The fourth-order valence-corrected chi connectivity index (χ4v) is 5.47. The molecule has 0 N–H and O–H groups in total. The Morgan fingerprint density at radius 1 is 1.25 bits per heavy atom. The molecule has 0 amide bonds. The summed E-state index contributed by atoms with van der Waals surface area (Å²) in [5.74, 6) is 0.416. The van der Waals surface area contributed by atoms with E-state index in [2.05, 4.69) is 13.8 Å². The van der Waals surface area contributed by atoms with Gasteiger partial charge in [-0.3, -0.25) is 13.6 Å². The predicted molar refractivity (Wildman–Crippen MR) is 86.9 cm³/mol. The molecule has 3 fully saturated rings. The average molecular weight is 364 g/mol. The zero-order chi connectivity index (χ0) is 17.4. The summed E-state index contributed by atoms with van der Waals surface area (Å²) in [6, 6.07) is 0. The van der Waals surface area contributed by atoms with Crippen molar-refractivity contribution in [2.24, 2.45) is 5.92 Å². The quantitative estimate of drug-likeness (QED) is 0.671. The molecule has 0 aliphatic carbocycles. The number of ether oxygens (including phenoxy) is 3. The number of rotatable bonds is 6. The van der Waals surface area contributed by atoms with E-state index in [0.717, 1.165) is 12.8 Å². The van der Waals surface area contributed by atoms with Crippen LogP contribution in [0.4, 0.5) is 0 Å². The van der Waals surface area contributed by atoms with Gasteiger partial charge in [0.1, 0.15) is 11.7 Å². The highest BCUT2D eigenvalue weighted by atomic mass is 31.2. The van der Waals surface area contributed by atoms with Gasteiger partial charge in [-0.05, 0) is 26.2 Å². The van der Waals surface area contributed by atoms with Crippen molar-refractivity contribution in [2.75, 3.05) is 26.9 Å². The highest BCUT2D eigenvalue weighted by molar-refractivity contribution is 7.48. The molecule has 0 aromatic rings. The lowest BCUT2D eigenvalue weighted by Gasteiger charge is -2.39. The fourth-order valence-electron chi connectivity index (χ4n) is 3.98. The Morgan fingerprint density at radius 2 is 2.04 bits per heavy atom. The van der Waals surface area contributed by atoms with Crippen LogP contribution in [-0.2, 0) is 32.3 Å². The van der Waals surface area contributed by atoms with E-state index in [1.54, 1.807) is 7.11 Å². The summed E-state index contributed by atoms with van der Waals surface area (Å²) in [5.41, 5.74) is -0.699. The van der Waals surface area contributed by atoms with Gasteiger partial charge in [0.2, 0.25) is 0 Å². The van der Waals surface area contributed by atoms with Crippen molar-refractivity contribution in [3.63, 3.8) is 0 Å². The van der Waals surface area contributed by atoms with Crippen LogP contribution < -0.4 is 0 Å². The minimum Gasteiger partial charge on any atom is -0.381 e. The lowest BCUT2D eigenvalue weighted by Crippen LogP contribution is -2.51. The van der Waals surface area contributed by atoms with Gasteiger partial charge in [-0.2, -0.15) is 0 Å². The molecular weight excluding hydrogens is 335 g/mol. The topological polar surface area (TPSA) is 72.5 Å². The van der Waals surface area contributed by atoms with Crippen molar-refractivity contribution in [1.82, 2.24) is 0 Å². The Labute approximate surface area is 143 Å². The molecule has 0 spiro atoms. The standard InChI is InChI=1S/C16H29O7P/c1-5-13-6-11(2)21-14(13)8-19-24(17)20-10-16(9-18-4)15(23-24)7-12(3)22-16/h11-15H,5-10H2,1-4H3/t11-,12-,13-,14+,15-,16-,24?/m0/s1. The van der Waals surface area contributed by atoms with Gasteiger partial charge in [-0.15, -0.1) is 0 Å². The molecule has 0 radical (unpaired) electrons. The normalized spacial score (nSPS) is 48.6. The van der Waals surface area contributed by atoms with Gasteiger partial charge < -0.3 is 14.2 Å². The molecule has 0 saturated carbocycles. The zero-order valence-corrected chi connectivity index (χ0v) is 15.8. The molecule has 8 heteroatoms.